The van der Waals surface area contributed by atoms with Crippen LogP contribution in [0.25, 0.3) is 5.69 Å². The van der Waals surface area contributed by atoms with E-state index in [9.17, 15) is 4.79 Å². The fourth-order valence-corrected chi connectivity index (χ4v) is 2.79. The molecule has 1 heterocycles. The molecule has 2 aromatic carbocycles. The third kappa shape index (κ3) is 3.91. The molecule has 1 N–H and O–H groups in total. The zero-order valence-corrected chi connectivity index (χ0v) is 15.0. The van der Waals surface area contributed by atoms with Gasteiger partial charge >= 0.3 is 0 Å². The second kappa shape index (κ2) is 7.53. The molecule has 4 nitrogen and oxygen atoms in total. The van der Waals surface area contributed by atoms with E-state index in [1.165, 1.54) is 5.56 Å². The molecule has 0 fully saturated rings. The fourth-order valence-electron chi connectivity index (χ4n) is 2.62. The first-order valence-electron chi connectivity index (χ1n) is 8.19. The van der Waals surface area contributed by atoms with Gasteiger partial charge in [0.2, 0.25) is 0 Å². The number of nitrogens with zero attached hydrogens (tertiary/aromatic N) is 2. The topological polar surface area (TPSA) is 46.9 Å². The average molecular weight is 354 g/mol. The molecule has 3 aromatic rings. The molecule has 0 aliphatic heterocycles. The molecule has 0 amide bonds. The summed E-state index contributed by atoms with van der Waals surface area (Å²) in [5.74, 6) is 0.604. The van der Waals surface area contributed by atoms with Gasteiger partial charge in [-0.3, -0.25) is 9.36 Å². The lowest BCUT2D eigenvalue weighted by Crippen LogP contribution is -2.24. The van der Waals surface area contributed by atoms with Crippen LogP contribution in [0.2, 0.25) is 5.02 Å². The summed E-state index contributed by atoms with van der Waals surface area (Å²) in [7, 11) is 0. The number of halogens is 1. The Bertz CT molecular complexity index is 922. The minimum atomic E-state index is -0.192. The summed E-state index contributed by atoms with van der Waals surface area (Å²) in [5.41, 5.74) is 2.73. The van der Waals surface area contributed by atoms with Gasteiger partial charge in [-0.15, -0.1) is 0 Å². The van der Waals surface area contributed by atoms with Crippen LogP contribution in [0, 0.1) is 6.92 Å². The SMILES string of the molecule is Cc1ccc(-n2ccnc(NC[C@H](C)c3ccccc3)c2=O)cc1Cl. The highest BCUT2D eigenvalue weighted by atomic mass is 35.5. The zero-order valence-electron chi connectivity index (χ0n) is 14.2. The second-order valence-corrected chi connectivity index (χ2v) is 6.48. The predicted octanol–water partition coefficient (Wildman–Crippen LogP) is 4.41. The van der Waals surface area contributed by atoms with Gasteiger partial charge in [0.1, 0.15) is 0 Å². The van der Waals surface area contributed by atoms with Crippen molar-refractivity contribution in [3.8, 4) is 5.69 Å². The fraction of sp³-hybridized carbons (Fsp3) is 0.200. The van der Waals surface area contributed by atoms with Crippen LogP contribution in [0.1, 0.15) is 24.0 Å². The van der Waals surface area contributed by atoms with Crippen LogP contribution in [0.3, 0.4) is 0 Å². The van der Waals surface area contributed by atoms with Crippen molar-refractivity contribution in [2.75, 3.05) is 11.9 Å². The molecule has 0 unspecified atom stereocenters. The highest BCUT2D eigenvalue weighted by Crippen LogP contribution is 2.19. The van der Waals surface area contributed by atoms with Crippen molar-refractivity contribution < 1.29 is 0 Å². The Hall–Kier alpha value is -2.59. The van der Waals surface area contributed by atoms with Crippen LogP contribution in [-0.2, 0) is 0 Å². The van der Waals surface area contributed by atoms with Crippen LogP contribution < -0.4 is 10.9 Å². The summed E-state index contributed by atoms with van der Waals surface area (Å²) >= 11 is 6.18. The van der Waals surface area contributed by atoms with Gasteiger partial charge in [0.15, 0.2) is 5.82 Å². The van der Waals surface area contributed by atoms with E-state index in [2.05, 4.69) is 29.4 Å². The van der Waals surface area contributed by atoms with Crippen LogP contribution in [0.5, 0.6) is 0 Å². The highest BCUT2D eigenvalue weighted by Gasteiger charge is 2.10. The molecule has 25 heavy (non-hydrogen) atoms. The average Bonchev–Trinajstić information content (AvgIpc) is 2.64. The number of aryl methyl sites for hydroxylation is 1. The van der Waals surface area contributed by atoms with E-state index in [1.807, 2.05) is 37.3 Å². The number of aromatic nitrogens is 2. The number of hydrogen-bond donors (Lipinski definition) is 1. The molecule has 1 atom stereocenters. The lowest BCUT2D eigenvalue weighted by Gasteiger charge is -2.14. The summed E-state index contributed by atoms with van der Waals surface area (Å²) in [6.07, 6.45) is 3.26. The molecule has 0 bridgehead atoms. The van der Waals surface area contributed by atoms with Gasteiger partial charge in [0.25, 0.3) is 5.56 Å². The normalized spacial score (nSPS) is 12.0. The number of anilines is 1. The van der Waals surface area contributed by atoms with E-state index in [4.69, 9.17) is 11.6 Å². The van der Waals surface area contributed by atoms with Crippen molar-refractivity contribution in [2.24, 2.45) is 0 Å². The van der Waals surface area contributed by atoms with Crippen molar-refractivity contribution >= 4 is 17.4 Å². The summed E-state index contributed by atoms with van der Waals surface area (Å²) < 4.78 is 1.55. The van der Waals surface area contributed by atoms with Crippen LogP contribution in [0.4, 0.5) is 5.82 Å². The van der Waals surface area contributed by atoms with Gasteiger partial charge in [0, 0.05) is 24.0 Å². The van der Waals surface area contributed by atoms with Gasteiger partial charge in [0.05, 0.1) is 5.69 Å². The Balaban J connectivity index is 1.82. The molecule has 1 aromatic heterocycles. The monoisotopic (exact) mass is 353 g/mol. The lowest BCUT2D eigenvalue weighted by atomic mass is 10.0. The van der Waals surface area contributed by atoms with Gasteiger partial charge in [-0.2, -0.15) is 0 Å². The van der Waals surface area contributed by atoms with E-state index < -0.39 is 0 Å². The van der Waals surface area contributed by atoms with Crippen molar-refractivity contribution in [1.82, 2.24) is 9.55 Å². The Morgan fingerprint density at radius 3 is 2.68 bits per heavy atom. The third-order valence-corrected chi connectivity index (χ3v) is 4.63. The number of benzene rings is 2. The molecule has 0 radical (unpaired) electrons. The molecule has 0 aliphatic rings. The van der Waals surface area contributed by atoms with Crippen LogP contribution in [0.15, 0.2) is 65.7 Å². The molecular weight excluding hydrogens is 334 g/mol. The summed E-state index contributed by atoms with van der Waals surface area (Å²) in [5, 5.41) is 3.80. The van der Waals surface area contributed by atoms with Gasteiger partial charge in [-0.25, -0.2) is 4.98 Å². The highest BCUT2D eigenvalue weighted by molar-refractivity contribution is 6.31. The maximum atomic E-state index is 12.7. The lowest BCUT2D eigenvalue weighted by molar-refractivity contribution is 0.796. The summed E-state index contributed by atoms with van der Waals surface area (Å²) in [6, 6.07) is 15.7. The maximum Gasteiger partial charge on any atom is 0.297 e. The Morgan fingerprint density at radius 1 is 1.20 bits per heavy atom. The second-order valence-electron chi connectivity index (χ2n) is 6.08. The molecule has 3 rings (SSSR count). The van der Waals surface area contributed by atoms with Crippen LogP contribution in [-0.4, -0.2) is 16.1 Å². The number of nitrogens with one attached hydrogen (secondary N) is 1. The Morgan fingerprint density at radius 2 is 1.96 bits per heavy atom. The standard InChI is InChI=1S/C20H20ClN3O/c1-14-8-9-17(12-18(14)21)24-11-10-22-19(20(24)25)23-13-15(2)16-6-4-3-5-7-16/h3-12,15H,13H2,1-2H3,(H,22,23)/t15-/m0/s1. The largest absolute Gasteiger partial charge is 0.365 e. The minimum Gasteiger partial charge on any atom is -0.365 e. The first-order valence-corrected chi connectivity index (χ1v) is 8.57. The van der Waals surface area contributed by atoms with Crippen molar-refractivity contribution in [3.05, 3.63) is 87.4 Å². The first-order chi connectivity index (χ1) is 12.1. The van der Waals surface area contributed by atoms with Crippen molar-refractivity contribution in [3.63, 3.8) is 0 Å². The molecule has 5 heteroatoms. The van der Waals surface area contributed by atoms with Gasteiger partial charge < -0.3 is 5.32 Å². The van der Waals surface area contributed by atoms with Crippen molar-refractivity contribution in [1.29, 1.82) is 0 Å². The Labute approximate surface area is 152 Å². The molecule has 0 aliphatic carbocycles. The number of rotatable bonds is 5. The molecule has 0 saturated heterocycles. The van der Waals surface area contributed by atoms with Gasteiger partial charge in [-0.1, -0.05) is 54.9 Å². The first kappa shape index (κ1) is 17.2. The third-order valence-electron chi connectivity index (χ3n) is 4.22. The van der Waals surface area contributed by atoms with E-state index in [-0.39, 0.29) is 11.5 Å². The van der Waals surface area contributed by atoms with E-state index in [0.29, 0.717) is 17.4 Å². The smallest absolute Gasteiger partial charge is 0.297 e. The van der Waals surface area contributed by atoms with Crippen LogP contribution >= 0.6 is 11.6 Å². The maximum absolute atomic E-state index is 12.7. The quantitative estimate of drug-likeness (QED) is 0.739. The van der Waals surface area contributed by atoms with Gasteiger partial charge in [-0.05, 0) is 36.1 Å². The zero-order chi connectivity index (χ0) is 17.8. The van der Waals surface area contributed by atoms with E-state index >= 15 is 0 Å². The minimum absolute atomic E-state index is 0.192. The predicted molar refractivity (Wildman–Crippen MR) is 103 cm³/mol. The van der Waals surface area contributed by atoms with Crippen molar-refractivity contribution in [2.45, 2.75) is 19.8 Å². The van der Waals surface area contributed by atoms with E-state index in [1.54, 1.807) is 23.0 Å². The summed E-state index contributed by atoms with van der Waals surface area (Å²) in [6.45, 7) is 4.67. The molecule has 0 saturated carbocycles. The number of hydrogen-bond acceptors (Lipinski definition) is 3. The van der Waals surface area contributed by atoms with E-state index in [0.717, 1.165) is 11.3 Å². The Kier molecular flexibility index (Phi) is 5.19. The molecular formula is C20H20ClN3O. The summed E-state index contributed by atoms with van der Waals surface area (Å²) in [4.78, 5) is 16.9. The molecule has 128 valence electrons. The molecule has 0 spiro atoms.